The van der Waals surface area contributed by atoms with E-state index in [1.807, 2.05) is 4.72 Å². The molecule has 0 aliphatic rings. The zero-order valence-electron chi connectivity index (χ0n) is 16.8. The molecule has 3 aromatic rings. The highest BCUT2D eigenvalue weighted by Gasteiger charge is 2.30. The molecule has 2 aromatic carbocycles. The van der Waals surface area contributed by atoms with E-state index in [0.29, 0.717) is 5.56 Å². The number of carbonyl (C=O) groups excluding carboxylic acids is 1. The lowest BCUT2D eigenvalue weighted by Gasteiger charge is -2.15. The molecule has 3 rings (SSSR count). The second kappa shape index (κ2) is 8.87. The highest BCUT2D eigenvalue weighted by atomic mass is 32.2. The molecule has 0 radical (unpaired) electrons. The van der Waals surface area contributed by atoms with E-state index in [1.165, 1.54) is 43.6 Å². The molecule has 0 fully saturated rings. The van der Waals surface area contributed by atoms with E-state index in [9.17, 15) is 26.4 Å². The van der Waals surface area contributed by atoms with Gasteiger partial charge in [0.05, 0.1) is 18.9 Å². The Kier molecular flexibility index (Phi) is 6.40. The van der Waals surface area contributed by atoms with Crippen LogP contribution in [-0.2, 0) is 16.2 Å². The Morgan fingerprint density at radius 2 is 1.78 bits per heavy atom. The Hall–Kier alpha value is -3.60. The van der Waals surface area contributed by atoms with Crippen molar-refractivity contribution >= 4 is 15.9 Å². The van der Waals surface area contributed by atoms with Crippen LogP contribution in [0.4, 0.5) is 13.2 Å². The molecule has 1 N–H and O–H groups in total. The van der Waals surface area contributed by atoms with Crippen LogP contribution in [0.25, 0.3) is 11.1 Å². The van der Waals surface area contributed by atoms with Crippen molar-refractivity contribution in [3.8, 4) is 28.5 Å². The Labute approximate surface area is 181 Å². The molecule has 0 bridgehead atoms. The van der Waals surface area contributed by atoms with E-state index in [0.717, 1.165) is 18.4 Å². The fourth-order valence-electron chi connectivity index (χ4n) is 2.82. The predicted molar refractivity (Wildman–Crippen MR) is 110 cm³/mol. The number of aromatic nitrogens is 1. The second-order valence-corrected chi connectivity index (χ2v) is 8.35. The molecule has 1 amide bonds. The minimum atomic E-state index is -4.55. The minimum absolute atomic E-state index is 0.0206. The Morgan fingerprint density at radius 1 is 1.03 bits per heavy atom. The number of hydrogen-bond acceptors (Lipinski definition) is 6. The number of carbonyl (C=O) groups is 1. The summed E-state index contributed by atoms with van der Waals surface area (Å²) in [6.07, 6.45) is -2.25. The standard InChI is InChI=1S/C21H17F3N2O5S/c1-30-20-16(7-4-10-25-20)17-11-13(19(27)26-32(2,28)29)8-9-18(17)31-15-6-3-5-14(12-15)21(22,23)24/h3-12H,1-2H3,(H,26,27). The van der Waals surface area contributed by atoms with Gasteiger partial charge in [-0.1, -0.05) is 6.07 Å². The summed E-state index contributed by atoms with van der Waals surface area (Å²) in [5, 5.41) is 0. The number of methoxy groups -OCH3 is 1. The molecular formula is C21H17F3N2O5S. The molecule has 0 saturated carbocycles. The molecule has 0 spiro atoms. The number of pyridine rings is 1. The number of ether oxygens (including phenoxy) is 2. The van der Waals surface area contributed by atoms with Crippen LogP contribution in [0.1, 0.15) is 15.9 Å². The van der Waals surface area contributed by atoms with Gasteiger partial charge in [0.25, 0.3) is 5.91 Å². The molecule has 0 unspecified atom stereocenters. The molecule has 0 saturated heterocycles. The van der Waals surface area contributed by atoms with E-state index in [1.54, 1.807) is 12.1 Å². The average molecular weight is 466 g/mol. The zero-order chi connectivity index (χ0) is 23.5. The summed E-state index contributed by atoms with van der Waals surface area (Å²) in [5.41, 5.74) is -0.271. The van der Waals surface area contributed by atoms with E-state index in [2.05, 4.69) is 4.98 Å². The quantitative estimate of drug-likeness (QED) is 0.584. The number of nitrogens with zero attached hydrogens (tertiary/aromatic N) is 1. The van der Waals surface area contributed by atoms with Gasteiger partial charge < -0.3 is 9.47 Å². The monoisotopic (exact) mass is 466 g/mol. The smallest absolute Gasteiger partial charge is 0.416 e. The first-order chi connectivity index (χ1) is 15.0. The van der Waals surface area contributed by atoms with Gasteiger partial charge >= 0.3 is 6.18 Å². The summed E-state index contributed by atoms with van der Waals surface area (Å²) in [7, 11) is -2.44. The SMILES string of the molecule is COc1ncccc1-c1cc(C(=O)NS(C)(=O)=O)ccc1Oc1cccc(C(F)(F)F)c1. The van der Waals surface area contributed by atoms with Crippen LogP contribution in [0.5, 0.6) is 17.4 Å². The van der Waals surface area contributed by atoms with Gasteiger partial charge in [0.2, 0.25) is 15.9 Å². The summed E-state index contributed by atoms with van der Waals surface area (Å²) < 4.78 is 74.8. The highest BCUT2D eigenvalue weighted by Crippen LogP contribution is 2.39. The van der Waals surface area contributed by atoms with Crippen LogP contribution in [0.2, 0.25) is 0 Å². The molecule has 0 aliphatic heterocycles. The molecule has 1 aromatic heterocycles. The number of halogens is 3. The fraction of sp³-hybridized carbons (Fsp3) is 0.143. The average Bonchev–Trinajstić information content (AvgIpc) is 2.72. The first kappa shape index (κ1) is 23.1. The number of nitrogens with one attached hydrogen (secondary N) is 1. The molecule has 11 heteroatoms. The molecule has 0 atom stereocenters. The second-order valence-electron chi connectivity index (χ2n) is 6.60. The summed E-state index contributed by atoms with van der Waals surface area (Å²) in [5.74, 6) is -0.701. The molecule has 1 heterocycles. The van der Waals surface area contributed by atoms with Gasteiger partial charge in [-0.15, -0.1) is 0 Å². The minimum Gasteiger partial charge on any atom is -0.481 e. The van der Waals surface area contributed by atoms with Crippen molar-refractivity contribution in [1.29, 1.82) is 0 Å². The third kappa shape index (κ3) is 5.55. The number of hydrogen-bond donors (Lipinski definition) is 1. The molecule has 7 nitrogen and oxygen atoms in total. The third-order valence-corrected chi connectivity index (χ3v) is 4.72. The van der Waals surface area contributed by atoms with Crippen molar-refractivity contribution in [3.05, 3.63) is 71.9 Å². The van der Waals surface area contributed by atoms with Crippen molar-refractivity contribution in [1.82, 2.24) is 9.71 Å². The summed E-state index contributed by atoms with van der Waals surface area (Å²) in [6, 6.07) is 11.5. The summed E-state index contributed by atoms with van der Waals surface area (Å²) >= 11 is 0. The van der Waals surface area contributed by atoms with Crippen LogP contribution in [-0.4, -0.2) is 32.7 Å². The topological polar surface area (TPSA) is 94.6 Å². The maximum atomic E-state index is 13.1. The van der Waals surface area contributed by atoms with Crippen molar-refractivity contribution in [2.45, 2.75) is 6.18 Å². The first-order valence-corrected chi connectivity index (χ1v) is 10.9. The van der Waals surface area contributed by atoms with Gasteiger partial charge in [0.15, 0.2) is 0 Å². The normalized spacial score (nSPS) is 11.7. The number of benzene rings is 2. The van der Waals surface area contributed by atoms with Crippen molar-refractivity contribution < 1.29 is 35.9 Å². The number of alkyl halides is 3. The number of amides is 1. The van der Waals surface area contributed by atoms with Crippen LogP contribution in [0, 0.1) is 0 Å². The van der Waals surface area contributed by atoms with E-state index in [-0.39, 0.29) is 28.5 Å². The number of rotatable bonds is 6. The van der Waals surface area contributed by atoms with Crippen molar-refractivity contribution in [2.24, 2.45) is 0 Å². The largest absolute Gasteiger partial charge is 0.481 e. The Bertz CT molecular complexity index is 1260. The van der Waals surface area contributed by atoms with Gasteiger partial charge in [-0.2, -0.15) is 13.2 Å². The van der Waals surface area contributed by atoms with Crippen molar-refractivity contribution in [2.75, 3.05) is 13.4 Å². The molecule has 168 valence electrons. The fourth-order valence-corrected chi connectivity index (χ4v) is 3.27. The van der Waals surface area contributed by atoms with Crippen LogP contribution < -0.4 is 14.2 Å². The summed E-state index contributed by atoms with van der Waals surface area (Å²) in [4.78, 5) is 16.4. The van der Waals surface area contributed by atoms with E-state index < -0.39 is 27.7 Å². The molecular weight excluding hydrogens is 449 g/mol. The van der Waals surface area contributed by atoms with Gasteiger partial charge in [0, 0.05) is 22.9 Å². The van der Waals surface area contributed by atoms with Gasteiger partial charge in [0.1, 0.15) is 11.5 Å². The Morgan fingerprint density at radius 3 is 2.44 bits per heavy atom. The molecule has 32 heavy (non-hydrogen) atoms. The maximum absolute atomic E-state index is 13.1. The lowest BCUT2D eigenvalue weighted by molar-refractivity contribution is -0.137. The first-order valence-electron chi connectivity index (χ1n) is 8.98. The van der Waals surface area contributed by atoms with Gasteiger partial charge in [-0.3, -0.25) is 4.79 Å². The lowest BCUT2D eigenvalue weighted by atomic mass is 10.0. The van der Waals surface area contributed by atoms with Gasteiger partial charge in [-0.05, 0) is 48.5 Å². The maximum Gasteiger partial charge on any atom is 0.416 e. The van der Waals surface area contributed by atoms with Gasteiger partial charge in [-0.25, -0.2) is 18.1 Å². The highest BCUT2D eigenvalue weighted by molar-refractivity contribution is 7.89. The predicted octanol–water partition coefficient (Wildman–Crippen LogP) is 4.26. The van der Waals surface area contributed by atoms with E-state index >= 15 is 0 Å². The van der Waals surface area contributed by atoms with Crippen LogP contribution in [0.3, 0.4) is 0 Å². The van der Waals surface area contributed by atoms with Crippen LogP contribution in [0.15, 0.2) is 60.8 Å². The zero-order valence-corrected chi connectivity index (χ0v) is 17.6. The van der Waals surface area contributed by atoms with Crippen LogP contribution >= 0.6 is 0 Å². The lowest BCUT2D eigenvalue weighted by Crippen LogP contribution is -2.29. The molecule has 0 aliphatic carbocycles. The Balaban J connectivity index is 2.11. The number of sulfonamides is 1. The van der Waals surface area contributed by atoms with E-state index in [4.69, 9.17) is 9.47 Å². The third-order valence-electron chi connectivity index (χ3n) is 4.16. The van der Waals surface area contributed by atoms with Crippen molar-refractivity contribution in [3.63, 3.8) is 0 Å². The summed E-state index contributed by atoms with van der Waals surface area (Å²) in [6.45, 7) is 0.